The molecule has 23 heavy (non-hydrogen) atoms. The molecule has 0 bridgehead atoms. The lowest BCUT2D eigenvalue weighted by Crippen LogP contribution is -2.35. The van der Waals surface area contributed by atoms with E-state index in [1.54, 1.807) is 32.0 Å². The van der Waals surface area contributed by atoms with Crippen LogP contribution in [0.4, 0.5) is 23.7 Å². The fraction of sp³-hybridized carbons (Fsp3) is 0.125. The average molecular weight is 322 g/mol. The molecule has 0 aliphatic carbocycles. The summed E-state index contributed by atoms with van der Waals surface area (Å²) in [6.45, 7) is 3.39. The molecule has 0 heterocycles. The highest BCUT2D eigenvalue weighted by molar-refractivity contribution is 6.09. The summed E-state index contributed by atoms with van der Waals surface area (Å²) in [4.78, 5) is 23.8. The van der Waals surface area contributed by atoms with Crippen molar-refractivity contribution < 1.29 is 22.8 Å². The minimum absolute atomic E-state index is 0.294. The van der Waals surface area contributed by atoms with Gasteiger partial charge in [0.15, 0.2) is 11.6 Å². The summed E-state index contributed by atoms with van der Waals surface area (Å²) in [5.74, 6) is -4.38. The highest BCUT2D eigenvalue weighted by Crippen LogP contribution is 2.20. The van der Waals surface area contributed by atoms with Gasteiger partial charge < -0.3 is 5.32 Å². The maximum Gasteiger partial charge on any atom is 0.326 e. The second kappa shape index (κ2) is 6.51. The first-order chi connectivity index (χ1) is 10.8. The van der Waals surface area contributed by atoms with E-state index in [-0.39, 0.29) is 0 Å². The van der Waals surface area contributed by atoms with E-state index in [1.165, 1.54) is 0 Å². The molecular formula is C16H13F3N2O2. The van der Waals surface area contributed by atoms with E-state index in [9.17, 15) is 22.8 Å². The molecule has 0 radical (unpaired) electrons. The predicted octanol–water partition coefficient (Wildman–Crippen LogP) is 3.68. The predicted molar refractivity (Wildman–Crippen MR) is 78.7 cm³/mol. The number of benzene rings is 2. The standard InChI is InChI=1S/C16H13F3N2O2/c1-8-4-3-5-9(2)13(8)15(22)21-16(23)20-14-11(18)6-10(17)7-12(14)19/h3-7H,1-2H3,(H2,20,21,22,23). The summed E-state index contributed by atoms with van der Waals surface area (Å²) in [7, 11) is 0. The number of carbonyl (C=O) groups excluding carboxylic acids is 2. The van der Waals surface area contributed by atoms with Crippen LogP contribution in [-0.2, 0) is 0 Å². The summed E-state index contributed by atoms with van der Waals surface area (Å²) in [6.07, 6.45) is 0. The van der Waals surface area contributed by atoms with E-state index in [2.05, 4.69) is 0 Å². The third-order valence-electron chi connectivity index (χ3n) is 3.18. The molecule has 0 aliphatic heterocycles. The third kappa shape index (κ3) is 3.68. The zero-order valence-corrected chi connectivity index (χ0v) is 12.3. The number of nitrogens with one attached hydrogen (secondary N) is 2. The molecule has 4 nitrogen and oxygen atoms in total. The molecule has 7 heteroatoms. The largest absolute Gasteiger partial charge is 0.326 e. The Bertz CT molecular complexity index is 748. The van der Waals surface area contributed by atoms with Crippen LogP contribution in [0.2, 0.25) is 0 Å². The van der Waals surface area contributed by atoms with E-state index < -0.39 is 35.1 Å². The molecule has 0 fully saturated rings. The second-order valence-corrected chi connectivity index (χ2v) is 4.92. The number of hydrogen-bond donors (Lipinski definition) is 2. The lowest BCUT2D eigenvalue weighted by Gasteiger charge is -2.11. The van der Waals surface area contributed by atoms with Crippen LogP contribution in [0, 0.1) is 31.3 Å². The Balaban J connectivity index is 2.16. The molecule has 0 spiro atoms. The summed E-state index contributed by atoms with van der Waals surface area (Å²) < 4.78 is 39.7. The molecule has 2 aromatic rings. The Morgan fingerprint density at radius 3 is 2.00 bits per heavy atom. The van der Waals surface area contributed by atoms with Crippen LogP contribution in [0.5, 0.6) is 0 Å². The molecule has 0 atom stereocenters. The third-order valence-corrected chi connectivity index (χ3v) is 3.18. The van der Waals surface area contributed by atoms with Gasteiger partial charge in [-0.2, -0.15) is 0 Å². The van der Waals surface area contributed by atoms with Crippen molar-refractivity contribution in [2.45, 2.75) is 13.8 Å². The van der Waals surface area contributed by atoms with E-state index in [1.807, 2.05) is 10.6 Å². The molecule has 0 unspecified atom stereocenters. The van der Waals surface area contributed by atoms with Gasteiger partial charge in [0.25, 0.3) is 5.91 Å². The van der Waals surface area contributed by atoms with Gasteiger partial charge in [-0.05, 0) is 25.0 Å². The van der Waals surface area contributed by atoms with E-state index in [0.29, 0.717) is 28.8 Å². The second-order valence-electron chi connectivity index (χ2n) is 4.92. The number of halogens is 3. The van der Waals surface area contributed by atoms with Crippen LogP contribution >= 0.6 is 0 Å². The monoisotopic (exact) mass is 322 g/mol. The maximum atomic E-state index is 13.5. The first-order valence-electron chi connectivity index (χ1n) is 6.62. The lowest BCUT2D eigenvalue weighted by atomic mass is 10.0. The van der Waals surface area contributed by atoms with E-state index in [4.69, 9.17) is 0 Å². The number of carbonyl (C=O) groups is 2. The topological polar surface area (TPSA) is 58.2 Å². The summed E-state index contributed by atoms with van der Waals surface area (Å²) in [5, 5.41) is 3.84. The molecular weight excluding hydrogens is 309 g/mol. The van der Waals surface area contributed by atoms with Gasteiger partial charge >= 0.3 is 6.03 Å². The van der Waals surface area contributed by atoms with Gasteiger partial charge in [-0.3, -0.25) is 10.1 Å². The van der Waals surface area contributed by atoms with Gasteiger partial charge in [0.2, 0.25) is 0 Å². The Labute approximate surface area is 130 Å². The van der Waals surface area contributed by atoms with Crippen LogP contribution < -0.4 is 10.6 Å². The summed E-state index contributed by atoms with van der Waals surface area (Å²) in [6, 6.07) is 4.86. The van der Waals surface area contributed by atoms with Crippen molar-refractivity contribution in [1.29, 1.82) is 0 Å². The molecule has 0 aliphatic rings. The number of anilines is 1. The molecule has 2 aromatic carbocycles. The number of hydrogen-bond acceptors (Lipinski definition) is 2. The quantitative estimate of drug-likeness (QED) is 0.886. The Morgan fingerprint density at radius 1 is 0.957 bits per heavy atom. The minimum atomic E-state index is -1.28. The molecule has 0 aromatic heterocycles. The van der Waals surface area contributed by atoms with Gasteiger partial charge in [-0.15, -0.1) is 0 Å². The van der Waals surface area contributed by atoms with Crippen LogP contribution in [0.15, 0.2) is 30.3 Å². The van der Waals surface area contributed by atoms with Crippen LogP contribution in [0.1, 0.15) is 21.5 Å². The summed E-state index contributed by atoms with van der Waals surface area (Å²) >= 11 is 0. The van der Waals surface area contributed by atoms with Gasteiger partial charge in [0, 0.05) is 17.7 Å². The molecule has 2 N–H and O–H groups in total. The van der Waals surface area contributed by atoms with Gasteiger partial charge in [0.1, 0.15) is 11.5 Å². The van der Waals surface area contributed by atoms with Gasteiger partial charge in [0.05, 0.1) is 0 Å². The van der Waals surface area contributed by atoms with Crippen molar-refractivity contribution in [2.75, 3.05) is 5.32 Å². The van der Waals surface area contributed by atoms with Crippen molar-refractivity contribution in [3.8, 4) is 0 Å². The zero-order chi connectivity index (χ0) is 17.1. The number of aryl methyl sites for hydroxylation is 2. The first-order valence-corrected chi connectivity index (χ1v) is 6.62. The number of amides is 3. The lowest BCUT2D eigenvalue weighted by molar-refractivity contribution is 0.0966. The highest BCUT2D eigenvalue weighted by Gasteiger charge is 2.18. The Hall–Kier alpha value is -2.83. The van der Waals surface area contributed by atoms with Crippen molar-refractivity contribution >= 4 is 17.6 Å². The van der Waals surface area contributed by atoms with Crippen molar-refractivity contribution in [3.05, 3.63) is 64.5 Å². The average Bonchev–Trinajstić information content (AvgIpc) is 2.42. The fourth-order valence-electron chi connectivity index (χ4n) is 2.14. The number of imide groups is 1. The molecule has 3 amide bonds. The maximum absolute atomic E-state index is 13.5. The first kappa shape index (κ1) is 16.5. The van der Waals surface area contributed by atoms with Crippen LogP contribution in [0.3, 0.4) is 0 Å². The fourth-order valence-corrected chi connectivity index (χ4v) is 2.14. The zero-order valence-electron chi connectivity index (χ0n) is 12.3. The molecule has 0 saturated carbocycles. The normalized spacial score (nSPS) is 10.3. The van der Waals surface area contributed by atoms with Crippen molar-refractivity contribution in [2.24, 2.45) is 0 Å². The molecule has 120 valence electrons. The molecule has 0 saturated heterocycles. The Morgan fingerprint density at radius 2 is 1.48 bits per heavy atom. The minimum Gasteiger partial charge on any atom is -0.302 e. The number of urea groups is 1. The van der Waals surface area contributed by atoms with E-state index in [0.717, 1.165) is 0 Å². The van der Waals surface area contributed by atoms with Gasteiger partial charge in [-0.1, -0.05) is 18.2 Å². The molecule has 2 rings (SSSR count). The smallest absolute Gasteiger partial charge is 0.302 e. The SMILES string of the molecule is Cc1cccc(C)c1C(=O)NC(=O)Nc1c(F)cc(F)cc1F. The highest BCUT2D eigenvalue weighted by atomic mass is 19.1. The van der Waals surface area contributed by atoms with Gasteiger partial charge in [-0.25, -0.2) is 18.0 Å². The van der Waals surface area contributed by atoms with Crippen molar-refractivity contribution in [1.82, 2.24) is 5.32 Å². The Kier molecular flexibility index (Phi) is 4.68. The summed E-state index contributed by atoms with van der Waals surface area (Å²) in [5.41, 5.74) is 0.754. The number of rotatable bonds is 2. The van der Waals surface area contributed by atoms with Crippen molar-refractivity contribution in [3.63, 3.8) is 0 Å². The van der Waals surface area contributed by atoms with Crippen LogP contribution in [-0.4, -0.2) is 11.9 Å². The van der Waals surface area contributed by atoms with Crippen LogP contribution in [0.25, 0.3) is 0 Å². The van der Waals surface area contributed by atoms with E-state index >= 15 is 0 Å².